The number of fused-ring (bicyclic) bond motifs is 2. The molecule has 3 N–H and O–H groups in total. The van der Waals surface area contributed by atoms with Crippen LogP contribution in [0.2, 0.25) is 0 Å². The summed E-state index contributed by atoms with van der Waals surface area (Å²) in [5, 5.41) is 7.67. The summed E-state index contributed by atoms with van der Waals surface area (Å²) in [7, 11) is 1.68. The van der Waals surface area contributed by atoms with Crippen LogP contribution in [-0.4, -0.2) is 35.4 Å². The number of rotatable bonds is 2. The summed E-state index contributed by atoms with van der Waals surface area (Å²) in [5.41, 5.74) is 9.46. The van der Waals surface area contributed by atoms with Gasteiger partial charge in [0.2, 0.25) is 0 Å². The van der Waals surface area contributed by atoms with Crippen molar-refractivity contribution >= 4 is 17.4 Å². The third-order valence-corrected chi connectivity index (χ3v) is 5.22. The zero-order valence-electron chi connectivity index (χ0n) is 14.1. The van der Waals surface area contributed by atoms with Crippen LogP contribution in [0.15, 0.2) is 18.2 Å². The summed E-state index contributed by atoms with van der Waals surface area (Å²) < 4.78 is 20.4. The molecule has 0 bridgehead atoms. The van der Waals surface area contributed by atoms with Crippen molar-refractivity contribution in [1.82, 2.24) is 9.78 Å². The molecule has 2 aromatic rings. The fourth-order valence-electron chi connectivity index (χ4n) is 3.82. The summed E-state index contributed by atoms with van der Waals surface area (Å²) >= 11 is 0. The molecule has 0 spiro atoms. The lowest BCUT2D eigenvalue weighted by Crippen LogP contribution is -2.28. The third kappa shape index (κ3) is 2.68. The molecule has 2 heterocycles. The van der Waals surface area contributed by atoms with E-state index < -0.39 is 5.92 Å². The lowest BCUT2D eigenvalue weighted by atomic mass is 9.90. The van der Waals surface area contributed by atoms with Gasteiger partial charge in [0.05, 0.1) is 17.7 Å². The molecule has 2 aliphatic rings. The number of carbonyl (C=O) groups excluding carboxylic acids is 1. The summed E-state index contributed by atoms with van der Waals surface area (Å²) in [5.74, 6) is -0.614. The molecular weight excluding hydrogens is 323 g/mol. The minimum atomic E-state index is -0.450. The second kappa shape index (κ2) is 6.15. The zero-order chi connectivity index (χ0) is 17.6. The number of aromatic nitrogens is 2. The summed E-state index contributed by atoms with van der Waals surface area (Å²) in [6.07, 6.45) is 2.98. The smallest absolute Gasteiger partial charge is 0.256 e. The Labute approximate surface area is 145 Å². The lowest BCUT2D eigenvalue weighted by Gasteiger charge is -2.25. The monoisotopic (exact) mass is 344 g/mol. The van der Waals surface area contributed by atoms with Crippen LogP contribution >= 0.6 is 0 Å². The Hall–Kier alpha value is -2.41. The van der Waals surface area contributed by atoms with E-state index in [4.69, 9.17) is 10.5 Å². The number of anilines is 2. The Kier molecular flexibility index (Phi) is 3.95. The van der Waals surface area contributed by atoms with E-state index in [2.05, 4.69) is 10.4 Å². The summed E-state index contributed by atoms with van der Waals surface area (Å²) in [4.78, 5) is 13.1. The van der Waals surface area contributed by atoms with E-state index in [0.29, 0.717) is 30.8 Å². The predicted octanol–water partition coefficient (Wildman–Crippen LogP) is 2.35. The molecule has 25 heavy (non-hydrogen) atoms. The molecule has 0 fully saturated rings. The number of hydrogen-bond donors (Lipinski definition) is 2. The number of ether oxygens (including phenoxy) is 1. The van der Waals surface area contributed by atoms with Crippen LogP contribution in [0.3, 0.4) is 0 Å². The first-order valence-electron chi connectivity index (χ1n) is 8.55. The topological polar surface area (TPSA) is 82.2 Å². The molecule has 1 aliphatic heterocycles. The van der Waals surface area contributed by atoms with Gasteiger partial charge in [-0.15, -0.1) is 0 Å². The van der Waals surface area contributed by atoms with Gasteiger partial charge < -0.3 is 15.8 Å². The molecule has 1 aliphatic carbocycles. The van der Waals surface area contributed by atoms with Crippen molar-refractivity contribution in [3.05, 3.63) is 40.8 Å². The van der Waals surface area contributed by atoms with Crippen LogP contribution in [-0.2, 0) is 17.6 Å². The summed E-state index contributed by atoms with van der Waals surface area (Å²) in [6.45, 7) is 0.654. The number of benzene rings is 1. The van der Waals surface area contributed by atoms with Gasteiger partial charge in [-0.3, -0.25) is 4.79 Å². The minimum absolute atomic E-state index is 0.108. The van der Waals surface area contributed by atoms with Crippen LogP contribution in [0.1, 0.15) is 40.4 Å². The molecule has 0 radical (unpaired) electrons. The third-order valence-electron chi connectivity index (χ3n) is 5.22. The number of halogens is 1. The Balaban J connectivity index is 1.70. The minimum Gasteiger partial charge on any atom is -0.385 e. The first-order valence-corrected chi connectivity index (χ1v) is 8.55. The van der Waals surface area contributed by atoms with Gasteiger partial charge in [0, 0.05) is 31.3 Å². The SMILES string of the molecule is CO[C@@H]1CCc2nn(C(=O)C3CCNc4ccc(F)cc43)c(N)c2C1. The molecule has 0 amide bonds. The van der Waals surface area contributed by atoms with Gasteiger partial charge in [-0.2, -0.15) is 9.78 Å². The Morgan fingerprint density at radius 1 is 1.44 bits per heavy atom. The number of methoxy groups -OCH3 is 1. The van der Waals surface area contributed by atoms with Crippen molar-refractivity contribution in [2.45, 2.75) is 37.7 Å². The van der Waals surface area contributed by atoms with E-state index in [1.54, 1.807) is 13.2 Å². The number of nitrogens with two attached hydrogens (primary N) is 1. The number of hydrogen-bond acceptors (Lipinski definition) is 5. The van der Waals surface area contributed by atoms with E-state index in [1.807, 2.05) is 0 Å². The number of nitrogen functional groups attached to an aromatic ring is 1. The molecule has 0 saturated carbocycles. The average molecular weight is 344 g/mol. The van der Waals surface area contributed by atoms with Crippen molar-refractivity contribution < 1.29 is 13.9 Å². The van der Waals surface area contributed by atoms with Gasteiger partial charge in [-0.1, -0.05) is 0 Å². The molecule has 6 nitrogen and oxygen atoms in total. The molecule has 132 valence electrons. The first kappa shape index (κ1) is 16.1. The molecule has 1 aromatic carbocycles. The Bertz CT molecular complexity index is 833. The second-order valence-electron chi connectivity index (χ2n) is 6.66. The van der Waals surface area contributed by atoms with E-state index in [-0.39, 0.29) is 17.8 Å². The first-order chi connectivity index (χ1) is 12.1. The number of carbonyl (C=O) groups is 1. The largest absolute Gasteiger partial charge is 0.385 e. The second-order valence-corrected chi connectivity index (χ2v) is 6.66. The average Bonchev–Trinajstić information content (AvgIpc) is 2.96. The fraction of sp³-hybridized carbons (Fsp3) is 0.444. The van der Waals surface area contributed by atoms with Gasteiger partial charge in [-0.25, -0.2) is 4.39 Å². The Morgan fingerprint density at radius 3 is 3.08 bits per heavy atom. The molecule has 4 rings (SSSR count). The maximum atomic E-state index is 13.7. The van der Waals surface area contributed by atoms with Gasteiger partial charge >= 0.3 is 0 Å². The number of nitrogens with one attached hydrogen (secondary N) is 1. The van der Waals surface area contributed by atoms with Crippen molar-refractivity contribution in [2.24, 2.45) is 0 Å². The van der Waals surface area contributed by atoms with Gasteiger partial charge in [-0.05, 0) is 43.0 Å². The van der Waals surface area contributed by atoms with Crippen molar-refractivity contribution in [2.75, 3.05) is 24.7 Å². The predicted molar refractivity (Wildman–Crippen MR) is 92.3 cm³/mol. The lowest BCUT2D eigenvalue weighted by molar-refractivity contribution is 0.0859. The van der Waals surface area contributed by atoms with Crippen LogP contribution in [0.4, 0.5) is 15.9 Å². The number of aryl methyl sites for hydroxylation is 1. The highest BCUT2D eigenvalue weighted by Gasteiger charge is 2.32. The van der Waals surface area contributed by atoms with Gasteiger partial charge in [0.1, 0.15) is 11.6 Å². The zero-order valence-corrected chi connectivity index (χ0v) is 14.1. The fourth-order valence-corrected chi connectivity index (χ4v) is 3.82. The normalized spacial score (nSPS) is 22.0. The van der Waals surface area contributed by atoms with E-state index in [9.17, 15) is 9.18 Å². The molecule has 1 unspecified atom stereocenters. The molecule has 7 heteroatoms. The van der Waals surface area contributed by atoms with E-state index >= 15 is 0 Å². The van der Waals surface area contributed by atoms with Crippen molar-refractivity contribution in [3.8, 4) is 0 Å². The van der Waals surface area contributed by atoms with E-state index in [1.165, 1.54) is 16.8 Å². The van der Waals surface area contributed by atoms with Crippen LogP contribution in [0.25, 0.3) is 0 Å². The molecule has 1 aromatic heterocycles. The highest BCUT2D eigenvalue weighted by molar-refractivity contribution is 5.90. The van der Waals surface area contributed by atoms with Crippen LogP contribution < -0.4 is 11.1 Å². The van der Waals surface area contributed by atoms with Crippen LogP contribution in [0.5, 0.6) is 0 Å². The molecule has 0 saturated heterocycles. The van der Waals surface area contributed by atoms with Gasteiger partial charge in [0.25, 0.3) is 5.91 Å². The molecular formula is C18H21FN4O2. The number of nitrogens with zero attached hydrogens (tertiary/aromatic N) is 2. The van der Waals surface area contributed by atoms with Crippen molar-refractivity contribution in [3.63, 3.8) is 0 Å². The van der Waals surface area contributed by atoms with Crippen molar-refractivity contribution in [1.29, 1.82) is 0 Å². The highest BCUT2D eigenvalue weighted by Crippen LogP contribution is 2.35. The maximum absolute atomic E-state index is 13.7. The van der Waals surface area contributed by atoms with Crippen LogP contribution in [0, 0.1) is 5.82 Å². The maximum Gasteiger partial charge on any atom is 0.256 e. The standard InChI is InChI=1S/C18H21FN4O2/c1-25-11-3-5-16-14(9-11)17(20)23(22-16)18(24)12-6-7-21-15-4-2-10(19)8-13(12)15/h2,4,8,11-12,21H,3,5-7,9,20H2,1H3/t11-,12?/m1/s1. The van der Waals surface area contributed by atoms with E-state index in [0.717, 1.165) is 29.8 Å². The van der Waals surface area contributed by atoms with Gasteiger partial charge in [0.15, 0.2) is 0 Å². The Morgan fingerprint density at radius 2 is 2.28 bits per heavy atom. The summed E-state index contributed by atoms with van der Waals surface area (Å²) in [6, 6.07) is 4.49. The molecule has 2 atom stereocenters. The highest BCUT2D eigenvalue weighted by atomic mass is 19.1. The quantitative estimate of drug-likeness (QED) is 0.874.